The van der Waals surface area contributed by atoms with Crippen LogP contribution in [0.3, 0.4) is 0 Å². The first-order chi connectivity index (χ1) is 5.42. The third kappa shape index (κ3) is 3.69. The number of hydrogen-bond donors (Lipinski definition) is 1. The summed E-state index contributed by atoms with van der Waals surface area (Å²) in [4.78, 5) is 10.2. The standard InChI is InChI=1S/C7H12O5.Ca/c1-7(2)11-3-4(12-7)5(8)6(9)10;/h4-5,8H,3H2,1-2H3,(H,9,10);/q;+2/p-1/t4?,5-;/m1./s1. The Hall–Kier alpha value is 0.610. The molecule has 0 saturated carbocycles. The molecule has 1 unspecified atom stereocenters. The number of carbonyl (C=O) groups is 1. The van der Waals surface area contributed by atoms with Gasteiger partial charge in [0.25, 0.3) is 0 Å². The topological polar surface area (TPSA) is 78.8 Å². The molecule has 1 saturated heterocycles. The molecule has 2 atom stereocenters. The molecule has 1 rings (SSSR count). The van der Waals surface area contributed by atoms with Gasteiger partial charge in [-0.25, -0.2) is 0 Å². The zero-order chi connectivity index (χ0) is 9.35. The van der Waals surface area contributed by atoms with Crippen LogP contribution in [0, 0.1) is 0 Å². The quantitative estimate of drug-likeness (QED) is 0.532. The summed E-state index contributed by atoms with van der Waals surface area (Å²) in [5.74, 6) is -2.36. The predicted molar refractivity (Wildman–Crippen MR) is 41.7 cm³/mol. The number of aliphatic carboxylic acids is 1. The van der Waals surface area contributed by atoms with E-state index in [4.69, 9.17) is 14.6 Å². The third-order valence-electron chi connectivity index (χ3n) is 1.62. The number of rotatable bonds is 2. The summed E-state index contributed by atoms with van der Waals surface area (Å²) in [6.07, 6.45) is -2.45. The molecule has 0 aromatic rings. The van der Waals surface area contributed by atoms with Crippen molar-refractivity contribution in [2.45, 2.75) is 31.8 Å². The molecule has 6 heteroatoms. The van der Waals surface area contributed by atoms with E-state index < -0.39 is 24.0 Å². The van der Waals surface area contributed by atoms with Gasteiger partial charge in [-0.3, -0.25) is 0 Å². The third-order valence-corrected chi connectivity index (χ3v) is 1.62. The van der Waals surface area contributed by atoms with Gasteiger partial charge in [0.2, 0.25) is 0 Å². The van der Waals surface area contributed by atoms with Crippen molar-refractivity contribution in [3.05, 3.63) is 0 Å². The first kappa shape index (κ1) is 13.6. The molecule has 1 fully saturated rings. The van der Waals surface area contributed by atoms with Crippen LogP contribution in [-0.2, 0) is 14.3 Å². The SMILES string of the molecule is CC1(C)OCC([C@@H](O)C(=O)[O-])O1.[Ca+2]. The second-order valence-corrected chi connectivity index (χ2v) is 3.13. The Morgan fingerprint density at radius 2 is 2.23 bits per heavy atom. The fourth-order valence-corrected chi connectivity index (χ4v) is 1.02. The number of aliphatic hydroxyl groups is 1. The van der Waals surface area contributed by atoms with Gasteiger partial charge in [0.1, 0.15) is 12.2 Å². The van der Waals surface area contributed by atoms with E-state index in [0.717, 1.165) is 0 Å². The predicted octanol–water partition coefficient (Wildman–Crippen LogP) is -2.13. The van der Waals surface area contributed by atoms with Crippen LogP contribution in [0.1, 0.15) is 13.8 Å². The number of hydrogen-bond acceptors (Lipinski definition) is 5. The molecule has 0 aromatic carbocycles. The molecule has 0 aromatic heterocycles. The normalized spacial score (nSPS) is 27.8. The first-order valence-corrected chi connectivity index (χ1v) is 3.63. The Morgan fingerprint density at radius 3 is 2.54 bits per heavy atom. The van der Waals surface area contributed by atoms with Crippen molar-refractivity contribution in [1.29, 1.82) is 0 Å². The van der Waals surface area contributed by atoms with Crippen LogP contribution in [0.25, 0.3) is 0 Å². The molecule has 70 valence electrons. The zero-order valence-electron chi connectivity index (χ0n) is 7.65. The van der Waals surface area contributed by atoms with Crippen molar-refractivity contribution in [2.24, 2.45) is 0 Å². The number of carbonyl (C=O) groups excluding carboxylic acids is 1. The summed E-state index contributed by atoms with van der Waals surface area (Å²) >= 11 is 0. The smallest absolute Gasteiger partial charge is 0.547 e. The van der Waals surface area contributed by atoms with Crippen LogP contribution < -0.4 is 5.11 Å². The molecule has 13 heavy (non-hydrogen) atoms. The van der Waals surface area contributed by atoms with Crippen LogP contribution in [0.5, 0.6) is 0 Å². The average Bonchev–Trinajstić information content (AvgIpc) is 2.28. The van der Waals surface area contributed by atoms with Crippen LogP contribution in [0.4, 0.5) is 0 Å². The van der Waals surface area contributed by atoms with E-state index in [0.29, 0.717) is 0 Å². The molecule has 5 nitrogen and oxygen atoms in total. The Morgan fingerprint density at radius 1 is 1.69 bits per heavy atom. The Bertz CT molecular complexity index is 193. The summed E-state index contributed by atoms with van der Waals surface area (Å²) in [6.45, 7) is 3.37. The fraction of sp³-hybridized carbons (Fsp3) is 0.857. The van der Waals surface area contributed by atoms with E-state index >= 15 is 0 Å². The molecule has 1 heterocycles. The summed E-state index contributed by atoms with van der Waals surface area (Å²) in [5, 5.41) is 19.2. The maximum absolute atomic E-state index is 10.2. The summed E-state index contributed by atoms with van der Waals surface area (Å²) in [6, 6.07) is 0. The van der Waals surface area contributed by atoms with E-state index in [-0.39, 0.29) is 44.3 Å². The Labute approximate surface area is 106 Å². The largest absolute Gasteiger partial charge is 2.00 e. The molecular formula is C7H11CaO5+. The van der Waals surface area contributed by atoms with E-state index in [1.165, 1.54) is 0 Å². The molecule has 0 amide bonds. The van der Waals surface area contributed by atoms with Crippen molar-refractivity contribution in [3.63, 3.8) is 0 Å². The second-order valence-electron chi connectivity index (χ2n) is 3.13. The van der Waals surface area contributed by atoms with E-state index in [9.17, 15) is 9.90 Å². The average molecular weight is 215 g/mol. The first-order valence-electron chi connectivity index (χ1n) is 3.63. The number of carboxylic acids is 1. The molecule has 1 N–H and O–H groups in total. The van der Waals surface area contributed by atoms with Crippen molar-refractivity contribution in [1.82, 2.24) is 0 Å². The summed E-state index contributed by atoms with van der Waals surface area (Å²) in [7, 11) is 0. The molecule has 0 aliphatic carbocycles. The summed E-state index contributed by atoms with van der Waals surface area (Å²) in [5.41, 5.74) is 0. The van der Waals surface area contributed by atoms with Gasteiger partial charge in [-0.05, 0) is 13.8 Å². The monoisotopic (exact) mass is 215 g/mol. The van der Waals surface area contributed by atoms with Gasteiger partial charge in [-0.2, -0.15) is 0 Å². The van der Waals surface area contributed by atoms with Crippen molar-refractivity contribution < 1.29 is 24.5 Å². The molecule has 1 aliphatic rings. The van der Waals surface area contributed by atoms with E-state index in [1.54, 1.807) is 13.8 Å². The number of aliphatic hydroxyl groups excluding tert-OH is 1. The minimum atomic E-state index is -1.62. The minimum Gasteiger partial charge on any atom is -0.547 e. The van der Waals surface area contributed by atoms with Crippen LogP contribution >= 0.6 is 0 Å². The van der Waals surface area contributed by atoms with E-state index in [1.807, 2.05) is 0 Å². The van der Waals surface area contributed by atoms with Gasteiger partial charge >= 0.3 is 37.7 Å². The molecule has 1 aliphatic heterocycles. The van der Waals surface area contributed by atoms with E-state index in [2.05, 4.69) is 0 Å². The van der Waals surface area contributed by atoms with Crippen molar-refractivity contribution in [3.8, 4) is 0 Å². The van der Waals surface area contributed by atoms with Gasteiger partial charge in [-0.1, -0.05) is 0 Å². The second kappa shape index (κ2) is 4.91. The Balaban J connectivity index is 0.00000144. The fourth-order valence-electron chi connectivity index (χ4n) is 1.02. The minimum absolute atomic E-state index is 0. The Kier molecular flexibility index (Phi) is 5.14. The zero-order valence-corrected chi connectivity index (χ0v) is 9.86. The van der Waals surface area contributed by atoms with Crippen molar-refractivity contribution in [2.75, 3.05) is 6.61 Å². The van der Waals surface area contributed by atoms with Crippen LogP contribution in [-0.4, -0.2) is 73.4 Å². The van der Waals surface area contributed by atoms with Crippen LogP contribution in [0.2, 0.25) is 0 Å². The number of carboxylic acid groups (broad SMARTS) is 1. The van der Waals surface area contributed by atoms with Gasteiger partial charge in [0.15, 0.2) is 5.79 Å². The van der Waals surface area contributed by atoms with Gasteiger partial charge in [-0.15, -0.1) is 0 Å². The maximum Gasteiger partial charge on any atom is 2.00 e. The summed E-state index contributed by atoms with van der Waals surface area (Å²) < 4.78 is 10.1. The van der Waals surface area contributed by atoms with Gasteiger partial charge in [0, 0.05) is 0 Å². The van der Waals surface area contributed by atoms with Crippen LogP contribution in [0.15, 0.2) is 0 Å². The molecule has 0 bridgehead atoms. The molecule has 0 spiro atoms. The molecule has 0 radical (unpaired) electrons. The van der Waals surface area contributed by atoms with Crippen molar-refractivity contribution >= 4 is 43.7 Å². The maximum atomic E-state index is 10.2. The molecular weight excluding hydrogens is 204 g/mol. The number of ether oxygens (including phenoxy) is 2. The van der Waals surface area contributed by atoms with Gasteiger partial charge < -0.3 is 24.5 Å². The van der Waals surface area contributed by atoms with Gasteiger partial charge in [0.05, 0.1) is 12.6 Å².